The van der Waals surface area contributed by atoms with Gasteiger partial charge in [-0.3, -0.25) is 10.0 Å². The first-order valence-corrected chi connectivity index (χ1v) is 13.1. The van der Waals surface area contributed by atoms with E-state index < -0.39 is 0 Å². The van der Waals surface area contributed by atoms with Crippen molar-refractivity contribution in [1.82, 2.24) is 20.2 Å². The molecule has 0 spiro atoms. The largest absolute Gasteiger partial charge is 0.348 e. The minimum Gasteiger partial charge on any atom is -0.348 e. The van der Waals surface area contributed by atoms with Crippen LogP contribution >= 0.6 is 0 Å². The molecule has 5 nitrogen and oxygen atoms in total. The summed E-state index contributed by atoms with van der Waals surface area (Å²) in [4.78, 5) is 2.45. The molecule has 190 valence electrons. The van der Waals surface area contributed by atoms with E-state index in [-0.39, 0.29) is 6.17 Å². The van der Waals surface area contributed by atoms with Crippen LogP contribution in [0.1, 0.15) is 62.3 Å². The second-order valence-electron chi connectivity index (χ2n) is 9.42. The fourth-order valence-corrected chi connectivity index (χ4v) is 4.80. The lowest BCUT2D eigenvalue weighted by molar-refractivity contribution is 0.0747. The Hall–Kier alpha value is -3.65. The van der Waals surface area contributed by atoms with Crippen molar-refractivity contribution in [2.45, 2.75) is 65.6 Å². The quantitative estimate of drug-likeness (QED) is 0.423. The van der Waals surface area contributed by atoms with Gasteiger partial charge in [-0.25, -0.2) is 0 Å². The van der Waals surface area contributed by atoms with Crippen LogP contribution < -0.4 is 5.32 Å². The molecule has 2 aliphatic heterocycles. The lowest BCUT2D eigenvalue weighted by Crippen LogP contribution is -2.46. The van der Waals surface area contributed by atoms with Gasteiger partial charge in [0.25, 0.3) is 0 Å². The Morgan fingerprint density at radius 2 is 1.75 bits per heavy atom. The number of hydrogen-bond acceptors (Lipinski definition) is 5. The van der Waals surface area contributed by atoms with Gasteiger partial charge >= 0.3 is 0 Å². The molecule has 0 radical (unpaired) electrons. The average Bonchev–Trinajstić information content (AvgIpc) is 3.34. The van der Waals surface area contributed by atoms with Crippen LogP contribution in [0, 0.1) is 11.3 Å². The molecule has 1 atom stereocenters. The first kappa shape index (κ1) is 26.9. The molecule has 2 aromatic rings. The van der Waals surface area contributed by atoms with E-state index >= 15 is 0 Å². The standard InChI is InChI=1S/C28H35N5.C3H6/c1-5-7-16-33-21(3)27-28(31(33)4)30-26(18-24-10-8-11-25(17-24)19-29)32(27)20-23-14-12-22(9-6-2)13-15-23;1-3-2/h8,10-15,17,26,30H,3,5-7,9,16,18,20H2,1-2,4H3;3H,1H2,2H3. The molecule has 0 amide bonds. The van der Waals surface area contributed by atoms with Crippen LogP contribution in [0.15, 0.2) is 85.0 Å². The van der Waals surface area contributed by atoms with Gasteiger partial charge in [0, 0.05) is 26.6 Å². The van der Waals surface area contributed by atoms with E-state index in [0.29, 0.717) is 5.56 Å². The van der Waals surface area contributed by atoms with Gasteiger partial charge in [0.2, 0.25) is 0 Å². The predicted octanol–water partition coefficient (Wildman–Crippen LogP) is 6.32. The molecule has 2 aromatic carbocycles. The molecular weight excluding hydrogens is 442 g/mol. The summed E-state index contributed by atoms with van der Waals surface area (Å²) in [5.74, 6) is 1.13. The summed E-state index contributed by atoms with van der Waals surface area (Å²) >= 11 is 0. The Balaban J connectivity index is 0.00000115. The molecule has 1 N–H and O–H groups in total. The van der Waals surface area contributed by atoms with Gasteiger partial charge in [0.15, 0.2) is 0 Å². The fourth-order valence-electron chi connectivity index (χ4n) is 4.80. The summed E-state index contributed by atoms with van der Waals surface area (Å²) in [7, 11) is 2.12. The molecule has 0 aromatic heterocycles. The normalized spacial score (nSPS) is 16.4. The highest BCUT2D eigenvalue weighted by Gasteiger charge is 2.42. The van der Waals surface area contributed by atoms with Crippen molar-refractivity contribution in [3.63, 3.8) is 0 Å². The Morgan fingerprint density at radius 3 is 2.39 bits per heavy atom. The molecule has 0 saturated carbocycles. The summed E-state index contributed by atoms with van der Waals surface area (Å²) in [6.07, 6.45) is 7.23. The van der Waals surface area contributed by atoms with Gasteiger partial charge < -0.3 is 10.2 Å². The van der Waals surface area contributed by atoms with Gasteiger partial charge in [0.05, 0.1) is 17.3 Å². The van der Waals surface area contributed by atoms with Gasteiger partial charge in [-0.05, 0) is 48.6 Å². The van der Waals surface area contributed by atoms with Crippen LogP contribution in [0.25, 0.3) is 0 Å². The third-order valence-corrected chi connectivity index (χ3v) is 6.58. The van der Waals surface area contributed by atoms with E-state index in [9.17, 15) is 5.26 Å². The lowest BCUT2D eigenvalue weighted by Gasteiger charge is -2.36. The third kappa shape index (κ3) is 6.12. The Bertz CT molecular complexity index is 1110. The van der Waals surface area contributed by atoms with Crippen LogP contribution in [-0.4, -0.2) is 34.7 Å². The van der Waals surface area contributed by atoms with E-state index in [0.717, 1.165) is 62.3 Å². The van der Waals surface area contributed by atoms with E-state index in [2.05, 4.69) is 90.7 Å². The minimum atomic E-state index is 0.104. The highest BCUT2D eigenvalue weighted by Crippen LogP contribution is 2.38. The number of hydrazine groups is 1. The van der Waals surface area contributed by atoms with Crippen LogP contribution in [-0.2, 0) is 19.4 Å². The maximum atomic E-state index is 9.32. The van der Waals surface area contributed by atoms with E-state index in [1.54, 1.807) is 6.08 Å². The van der Waals surface area contributed by atoms with Crippen LogP contribution in [0.5, 0.6) is 0 Å². The molecule has 2 heterocycles. The predicted molar refractivity (Wildman–Crippen MR) is 149 cm³/mol. The zero-order chi connectivity index (χ0) is 26.1. The minimum absolute atomic E-state index is 0.104. The van der Waals surface area contributed by atoms with Crippen molar-refractivity contribution >= 4 is 0 Å². The van der Waals surface area contributed by atoms with Gasteiger partial charge in [-0.2, -0.15) is 5.26 Å². The van der Waals surface area contributed by atoms with Crippen molar-refractivity contribution in [1.29, 1.82) is 5.26 Å². The molecular formula is C31H41N5. The number of rotatable bonds is 9. The number of nitrogens with zero attached hydrogens (tertiary/aromatic N) is 4. The van der Waals surface area contributed by atoms with Gasteiger partial charge in [0.1, 0.15) is 17.7 Å². The second kappa shape index (κ2) is 12.9. The number of aryl methyl sites for hydroxylation is 1. The summed E-state index contributed by atoms with van der Waals surface area (Å²) in [6.45, 7) is 16.0. The summed E-state index contributed by atoms with van der Waals surface area (Å²) < 4.78 is 0. The average molecular weight is 484 g/mol. The highest BCUT2D eigenvalue weighted by molar-refractivity contribution is 5.41. The number of nitriles is 1. The van der Waals surface area contributed by atoms with Crippen molar-refractivity contribution in [3.8, 4) is 6.07 Å². The first-order valence-electron chi connectivity index (χ1n) is 13.1. The zero-order valence-electron chi connectivity index (χ0n) is 22.4. The Labute approximate surface area is 218 Å². The second-order valence-corrected chi connectivity index (χ2v) is 9.42. The maximum absolute atomic E-state index is 9.32. The molecule has 1 unspecified atom stereocenters. The van der Waals surface area contributed by atoms with Crippen molar-refractivity contribution in [2.75, 3.05) is 13.6 Å². The third-order valence-electron chi connectivity index (χ3n) is 6.58. The van der Waals surface area contributed by atoms with Crippen molar-refractivity contribution < 1.29 is 0 Å². The van der Waals surface area contributed by atoms with Gasteiger partial charge in [-0.15, -0.1) is 6.58 Å². The smallest absolute Gasteiger partial charge is 0.148 e. The topological polar surface area (TPSA) is 45.5 Å². The fraction of sp³-hybridized carbons (Fsp3) is 0.387. The summed E-state index contributed by atoms with van der Waals surface area (Å²) in [6, 6.07) is 19.2. The SMILES string of the molecule is C=C1C2=C(NC(Cc3cccc(C#N)c3)N2Cc2ccc(CCC)cc2)N(C)N1CCCC.C=CC. The monoisotopic (exact) mass is 483 g/mol. The molecule has 2 aliphatic rings. The number of benzene rings is 2. The lowest BCUT2D eigenvalue weighted by atomic mass is 10.0. The van der Waals surface area contributed by atoms with Crippen LogP contribution in [0.3, 0.4) is 0 Å². The first-order chi connectivity index (χ1) is 17.5. The number of unbranched alkanes of at least 4 members (excludes halogenated alkanes) is 1. The van der Waals surface area contributed by atoms with E-state index in [4.69, 9.17) is 0 Å². The molecule has 0 bridgehead atoms. The number of nitrogens with one attached hydrogen (secondary N) is 1. The number of hydrogen-bond donors (Lipinski definition) is 1. The maximum Gasteiger partial charge on any atom is 0.148 e. The van der Waals surface area contributed by atoms with E-state index in [1.807, 2.05) is 25.1 Å². The molecule has 4 rings (SSSR count). The molecule has 5 heteroatoms. The Morgan fingerprint density at radius 1 is 1.06 bits per heavy atom. The number of allylic oxidation sites excluding steroid dienone is 1. The van der Waals surface area contributed by atoms with Crippen molar-refractivity contribution in [3.05, 3.63) is 107 Å². The van der Waals surface area contributed by atoms with Crippen LogP contribution in [0.2, 0.25) is 0 Å². The summed E-state index contributed by atoms with van der Waals surface area (Å²) in [5, 5.41) is 17.6. The molecule has 0 fully saturated rings. The molecule has 36 heavy (non-hydrogen) atoms. The van der Waals surface area contributed by atoms with Crippen molar-refractivity contribution in [2.24, 2.45) is 0 Å². The zero-order valence-corrected chi connectivity index (χ0v) is 22.4. The Kier molecular flexibility index (Phi) is 9.64. The summed E-state index contributed by atoms with van der Waals surface area (Å²) in [5.41, 5.74) is 6.80. The van der Waals surface area contributed by atoms with Gasteiger partial charge in [-0.1, -0.05) is 75.7 Å². The molecule has 0 aliphatic carbocycles. The van der Waals surface area contributed by atoms with E-state index in [1.165, 1.54) is 16.8 Å². The molecule has 0 saturated heterocycles. The highest BCUT2D eigenvalue weighted by atomic mass is 15.7. The van der Waals surface area contributed by atoms with Crippen LogP contribution in [0.4, 0.5) is 0 Å².